The van der Waals surface area contributed by atoms with Crippen LogP contribution >= 0.6 is 11.8 Å². The number of rotatable bonds is 5. The van der Waals surface area contributed by atoms with Crippen molar-refractivity contribution >= 4 is 27.7 Å². The van der Waals surface area contributed by atoms with Gasteiger partial charge in [-0.1, -0.05) is 17.7 Å². The molecule has 3 rings (SSSR count). The summed E-state index contributed by atoms with van der Waals surface area (Å²) >= 11 is 0.226. The zero-order valence-corrected chi connectivity index (χ0v) is 18.6. The fourth-order valence-corrected chi connectivity index (χ4v) is 6.14. The summed E-state index contributed by atoms with van der Waals surface area (Å²) in [6.45, 7) is 6.09. The van der Waals surface area contributed by atoms with Crippen LogP contribution in [0, 0.1) is 20.8 Å². The summed E-state index contributed by atoms with van der Waals surface area (Å²) in [5, 5.41) is -0.0292. The van der Waals surface area contributed by atoms with E-state index in [2.05, 4.69) is 4.98 Å². The predicted molar refractivity (Wildman–Crippen MR) is 111 cm³/mol. The molecule has 0 aliphatic carbocycles. The highest BCUT2D eigenvalue weighted by Crippen LogP contribution is 2.29. The number of carbonyl (C=O) groups excluding carboxylic acids is 1. The van der Waals surface area contributed by atoms with Crippen molar-refractivity contribution < 1.29 is 22.0 Å². The average Bonchev–Trinajstić information content (AvgIpc) is 2.66. The maximum atomic E-state index is 13.2. The molecule has 0 saturated carbocycles. The van der Waals surface area contributed by atoms with E-state index >= 15 is 0 Å². The van der Waals surface area contributed by atoms with Crippen molar-refractivity contribution in [2.75, 3.05) is 26.2 Å². The van der Waals surface area contributed by atoms with Crippen molar-refractivity contribution in [2.45, 2.75) is 36.5 Å². The van der Waals surface area contributed by atoms with E-state index in [9.17, 15) is 22.0 Å². The molecule has 1 aliphatic heterocycles. The van der Waals surface area contributed by atoms with Gasteiger partial charge in [0.25, 0.3) is 11.7 Å². The van der Waals surface area contributed by atoms with Gasteiger partial charge < -0.3 is 4.90 Å². The number of alkyl halides is 2. The monoisotopic (exact) mass is 455 g/mol. The standard InChI is InChI=1S/C20H23F2N3O3S2/c1-13-11-14(2)17(15(3)12-13)30(27,28)25-9-7-24(8-10-25)19(26)16-5-4-6-23-18(16)29-20(21)22/h4-6,11-12,20H,7-10H2,1-3H3. The number of sulfonamides is 1. The molecule has 6 nitrogen and oxygen atoms in total. The summed E-state index contributed by atoms with van der Waals surface area (Å²) in [6.07, 6.45) is 1.36. The third-order valence-electron chi connectivity index (χ3n) is 4.93. The van der Waals surface area contributed by atoms with Gasteiger partial charge in [0, 0.05) is 32.4 Å². The van der Waals surface area contributed by atoms with E-state index in [0.29, 0.717) is 16.0 Å². The molecule has 1 aromatic heterocycles. The van der Waals surface area contributed by atoms with Crippen LogP contribution in [0.15, 0.2) is 40.4 Å². The summed E-state index contributed by atoms with van der Waals surface area (Å²) in [4.78, 5) is 18.5. The zero-order valence-electron chi connectivity index (χ0n) is 16.9. The molecular weight excluding hydrogens is 432 g/mol. The topological polar surface area (TPSA) is 70.6 Å². The van der Waals surface area contributed by atoms with Gasteiger partial charge in [-0.05, 0) is 55.8 Å². The van der Waals surface area contributed by atoms with E-state index in [4.69, 9.17) is 0 Å². The predicted octanol–water partition coefficient (Wildman–Crippen LogP) is 3.47. The lowest BCUT2D eigenvalue weighted by atomic mass is 10.1. The van der Waals surface area contributed by atoms with Crippen LogP contribution in [0.1, 0.15) is 27.0 Å². The molecule has 0 unspecified atom stereocenters. The van der Waals surface area contributed by atoms with E-state index in [-0.39, 0.29) is 48.5 Å². The molecular formula is C20H23F2N3O3S2. The van der Waals surface area contributed by atoms with E-state index < -0.39 is 21.7 Å². The van der Waals surface area contributed by atoms with Gasteiger partial charge in [0.1, 0.15) is 5.03 Å². The van der Waals surface area contributed by atoms with Gasteiger partial charge in [-0.15, -0.1) is 0 Å². The van der Waals surface area contributed by atoms with Crippen LogP contribution in [0.4, 0.5) is 8.78 Å². The molecule has 10 heteroatoms. The number of aromatic nitrogens is 1. The third-order valence-corrected chi connectivity index (χ3v) is 7.86. The van der Waals surface area contributed by atoms with Crippen LogP contribution in [-0.2, 0) is 10.0 Å². The highest BCUT2D eigenvalue weighted by molar-refractivity contribution is 7.99. The van der Waals surface area contributed by atoms with Crippen LogP contribution in [0.25, 0.3) is 0 Å². The summed E-state index contributed by atoms with van der Waals surface area (Å²) in [6, 6.07) is 6.66. The van der Waals surface area contributed by atoms with E-state index in [1.807, 2.05) is 19.1 Å². The molecule has 0 N–H and O–H groups in total. The molecule has 1 amide bonds. The molecule has 162 valence electrons. The van der Waals surface area contributed by atoms with Crippen LogP contribution in [0.5, 0.6) is 0 Å². The lowest BCUT2D eigenvalue weighted by Gasteiger charge is -2.34. The molecule has 0 atom stereocenters. The molecule has 30 heavy (non-hydrogen) atoms. The summed E-state index contributed by atoms with van der Waals surface area (Å²) in [5.74, 6) is -3.11. The van der Waals surface area contributed by atoms with Gasteiger partial charge in [-0.25, -0.2) is 13.4 Å². The average molecular weight is 456 g/mol. The number of hydrogen-bond donors (Lipinski definition) is 0. The maximum Gasteiger partial charge on any atom is 0.290 e. The Morgan fingerprint density at radius 1 is 1.10 bits per heavy atom. The van der Waals surface area contributed by atoms with Gasteiger partial charge >= 0.3 is 0 Å². The number of amides is 1. The van der Waals surface area contributed by atoms with Crippen molar-refractivity contribution in [1.29, 1.82) is 0 Å². The Labute approximate surface area is 179 Å². The highest BCUT2D eigenvalue weighted by Gasteiger charge is 2.33. The smallest absolute Gasteiger partial charge is 0.290 e. The van der Waals surface area contributed by atoms with Crippen molar-refractivity contribution in [2.24, 2.45) is 0 Å². The molecule has 2 aromatic rings. The number of pyridine rings is 1. The minimum atomic E-state index is -3.70. The quantitative estimate of drug-likeness (QED) is 0.646. The summed E-state index contributed by atoms with van der Waals surface area (Å²) < 4.78 is 53.3. The molecule has 1 saturated heterocycles. The third kappa shape index (κ3) is 4.65. The first-order valence-electron chi connectivity index (χ1n) is 9.38. The van der Waals surface area contributed by atoms with Crippen LogP contribution < -0.4 is 0 Å². The Bertz CT molecular complexity index is 1030. The minimum absolute atomic E-state index is 0.0292. The molecule has 1 aliphatic rings. The number of aryl methyl sites for hydroxylation is 3. The zero-order chi connectivity index (χ0) is 22.1. The van der Waals surface area contributed by atoms with Crippen LogP contribution in [-0.4, -0.2) is 60.5 Å². The van der Waals surface area contributed by atoms with Crippen molar-refractivity contribution in [3.63, 3.8) is 0 Å². The van der Waals surface area contributed by atoms with Crippen LogP contribution in [0.3, 0.4) is 0 Å². The Hall–Kier alpha value is -2.04. The Kier molecular flexibility index (Phi) is 6.78. The van der Waals surface area contributed by atoms with Gasteiger partial charge in [0.15, 0.2) is 0 Å². The van der Waals surface area contributed by atoms with E-state index in [0.717, 1.165) is 5.56 Å². The summed E-state index contributed by atoms with van der Waals surface area (Å²) in [7, 11) is -3.70. The van der Waals surface area contributed by atoms with Crippen LogP contribution in [0.2, 0.25) is 0 Å². The highest BCUT2D eigenvalue weighted by atomic mass is 32.2. The largest absolute Gasteiger partial charge is 0.336 e. The van der Waals surface area contributed by atoms with Gasteiger partial charge in [0.05, 0.1) is 10.5 Å². The number of carbonyl (C=O) groups is 1. The Morgan fingerprint density at radius 2 is 1.70 bits per heavy atom. The second-order valence-electron chi connectivity index (χ2n) is 7.16. The van der Waals surface area contributed by atoms with Crippen molar-refractivity contribution in [3.05, 3.63) is 52.7 Å². The number of nitrogens with zero attached hydrogens (tertiary/aromatic N) is 3. The summed E-state index contributed by atoms with van der Waals surface area (Å²) in [5.41, 5.74) is 2.47. The number of thioether (sulfide) groups is 1. The first-order valence-corrected chi connectivity index (χ1v) is 11.7. The fourth-order valence-electron chi connectivity index (χ4n) is 3.74. The van der Waals surface area contributed by atoms with Gasteiger partial charge in [-0.3, -0.25) is 4.79 Å². The first-order chi connectivity index (χ1) is 14.1. The number of halogens is 2. The first kappa shape index (κ1) is 22.6. The Balaban J connectivity index is 1.76. The SMILES string of the molecule is Cc1cc(C)c(S(=O)(=O)N2CCN(C(=O)c3cccnc3SC(F)F)CC2)c(C)c1. The van der Waals surface area contributed by atoms with Crippen molar-refractivity contribution in [3.8, 4) is 0 Å². The van der Waals surface area contributed by atoms with Crippen molar-refractivity contribution in [1.82, 2.24) is 14.2 Å². The van der Waals surface area contributed by atoms with E-state index in [1.165, 1.54) is 27.5 Å². The van der Waals surface area contributed by atoms with Gasteiger partial charge in [0.2, 0.25) is 10.0 Å². The molecule has 0 radical (unpaired) electrons. The maximum absolute atomic E-state index is 13.2. The lowest BCUT2D eigenvalue weighted by Crippen LogP contribution is -2.50. The molecule has 2 heterocycles. The normalized spacial score (nSPS) is 15.6. The second-order valence-corrected chi connectivity index (χ2v) is 10.0. The van der Waals surface area contributed by atoms with Gasteiger partial charge in [-0.2, -0.15) is 13.1 Å². The molecule has 0 spiro atoms. The fraction of sp³-hybridized carbons (Fsp3) is 0.400. The second kappa shape index (κ2) is 8.99. The Morgan fingerprint density at radius 3 is 2.27 bits per heavy atom. The number of hydrogen-bond acceptors (Lipinski definition) is 5. The number of benzene rings is 1. The van der Waals surface area contributed by atoms with E-state index in [1.54, 1.807) is 13.8 Å². The molecule has 0 bridgehead atoms. The lowest BCUT2D eigenvalue weighted by molar-refractivity contribution is 0.0693. The number of piperazine rings is 1. The molecule has 1 fully saturated rings. The molecule has 1 aromatic carbocycles. The minimum Gasteiger partial charge on any atom is -0.336 e.